The smallest absolute Gasteiger partial charge is 0.283 e. The average molecular weight is 319 g/mol. The Hall–Kier alpha value is -0.590. The Bertz CT molecular complexity index is 401. The summed E-state index contributed by atoms with van der Waals surface area (Å²) in [4.78, 5) is 10.4. The summed E-state index contributed by atoms with van der Waals surface area (Å²) >= 11 is 5.03. The van der Waals surface area contributed by atoms with E-state index < -0.39 is 0 Å². The van der Waals surface area contributed by atoms with Gasteiger partial charge in [-0.3, -0.25) is 10.1 Å². The number of halogens is 1. The van der Waals surface area contributed by atoms with Crippen LogP contribution in [0.1, 0.15) is 12.5 Å². The molecule has 0 aliphatic carbocycles. The van der Waals surface area contributed by atoms with E-state index in [0.717, 1.165) is 17.1 Å². The first-order valence-corrected chi connectivity index (χ1v) is 7.20. The molecule has 1 rings (SSSR count). The van der Waals surface area contributed by atoms with Crippen molar-refractivity contribution in [2.45, 2.75) is 12.7 Å². The van der Waals surface area contributed by atoms with E-state index in [1.165, 1.54) is 6.07 Å². The van der Waals surface area contributed by atoms with Crippen molar-refractivity contribution < 1.29 is 4.92 Å². The van der Waals surface area contributed by atoms with Crippen molar-refractivity contribution >= 4 is 33.4 Å². The third kappa shape index (κ3) is 4.29. The molecule has 0 saturated carbocycles. The zero-order valence-corrected chi connectivity index (χ0v) is 12.0. The van der Waals surface area contributed by atoms with Crippen molar-refractivity contribution in [2.75, 3.05) is 12.3 Å². The van der Waals surface area contributed by atoms with Gasteiger partial charge in [0.1, 0.15) is 0 Å². The van der Waals surface area contributed by atoms with Gasteiger partial charge in [-0.1, -0.05) is 19.1 Å². The maximum absolute atomic E-state index is 10.8. The molecule has 94 valence electrons. The van der Waals surface area contributed by atoms with Crippen LogP contribution in [0.4, 0.5) is 5.69 Å². The monoisotopic (exact) mass is 318 g/mol. The lowest BCUT2D eigenvalue weighted by atomic mass is 10.2. The second-order valence-corrected chi connectivity index (χ2v) is 5.69. The molecule has 1 unspecified atom stereocenters. The maximum Gasteiger partial charge on any atom is 0.283 e. The molecule has 2 N–H and O–H groups in total. The van der Waals surface area contributed by atoms with Gasteiger partial charge in [0, 0.05) is 11.8 Å². The predicted octanol–water partition coefficient (Wildman–Crippen LogP) is 3.19. The molecule has 0 amide bonds. The molecule has 0 aromatic heterocycles. The van der Waals surface area contributed by atoms with Crippen molar-refractivity contribution in [1.82, 2.24) is 0 Å². The molecule has 0 heterocycles. The van der Waals surface area contributed by atoms with Crippen molar-refractivity contribution in [3.8, 4) is 0 Å². The molecule has 0 fully saturated rings. The van der Waals surface area contributed by atoms with Crippen LogP contribution in [0.5, 0.6) is 0 Å². The lowest BCUT2D eigenvalue weighted by molar-refractivity contribution is -0.385. The summed E-state index contributed by atoms with van der Waals surface area (Å²) in [5, 5.41) is 10.8. The molecule has 1 aromatic rings. The molecule has 0 bridgehead atoms. The fraction of sp³-hybridized carbons (Fsp3) is 0.455. The van der Waals surface area contributed by atoms with Gasteiger partial charge in [-0.15, -0.1) is 0 Å². The molecule has 0 aliphatic heterocycles. The molecule has 0 radical (unpaired) electrons. The molecule has 1 aromatic carbocycles. The molecular formula is C11H15BrN2O2S. The van der Waals surface area contributed by atoms with Crippen LogP contribution in [0.15, 0.2) is 22.7 Å². The minimum Gasteiger partial charge on any atom is -0.330 e. The van der Waals surface area contributed by atoms with Crippen LogP contribution < -0.4 is 5.73 Å². The summed E-state index contributed by atoms with van der Waals surface area (Å²) in [5.41, 5.74) is 6.61. The topological polar surface area (TPSA) is 69.2 Å². The highest BCUT2D eigenvalue weighted by Gasteiger charge is 2.14. The highest BCUT2D eigenvalue weighted by molar-refractivity contribution is 9.10. The van der Waals surface area contributed by atoms with E-state index >= 15 is 0 Å². The minimum atomic E-state index is -0.374. The number of rotatable bonds is 6. The lowest BCUT2D eigenvalue weighted by Crippen LogP contribution is -2.12. The molecule has 0 saturated heterocycles. The number of nitro benzene ring substituents is 1. The Balaban J connectivity index is 2.66. The van der Waals surface area contributed by atoms with Gasteiger partial charge in [-0.25, -0.2) is 0 Å². The van der Waals surface area contributed by atoms with E-state index in [1.54, 1.807) is 17.8 Å². The molecule has 4 nitrogen and oxygen atoms in total. The zero-order valence-electron chi connectivity index (χ0n) is 9.56. The van der Waals surface area contributed by atoms with Gasteiger partial charge in [0.25, 0.3) is 5.69 Å². The quantitative estimate of drug-likeness (QED) is 0.646. The molecule has 1 atom stereocenters. The van der Waals surface area contributed by atoms with Crippen molar-refractivity contribution in [2.24, 2.45) is 11.7 Å². The van der Waals surface area contributed by atoms with Gasteiger partial charge in [0.15, 0.2) is 0 Å². The molecule has 0 aliphatic rings. The summed E-state index contributed by atoms with van der Waals surface area (Å²) in [6.45, 7) is 2.76. The minimum absolute atomic E-state index is 0.120. The number of nitrogens with zero attached hydrogens (tertiary/aromatic N) is 1. The molecule has 17 heavy (non-hydrogen) atoms. The zero-order chi connectivity index (χ0) is 12.8. The van der Waals surface area contributed by atoms with Crippen LogP contribution in [-0.4, -0.2) is 17.2 Å². The van der Waals surface area contributed by atoms with Gasteiger partial charge in [0.2, 0.25) is 0 Å². The first-order chi connectivity index (χ1) is 8.06. The second-order valence-electron chi connectivity index (χ2n) is 3.86. The number of hydrogen-bond donors (Lipinski definition) is 1. The Morgan fingerprint density at radius 2 is 2.29 bits per heavy atom. The van der Waals surface area contributed by atoms with E-state index in [1.807, 2.05) is 6.07 Å². The third-order valence-electron chi connectivity index (χ3n) is 2.32. The summed E-state index contributed by atoms with van der Waals surface area (Å²) in [6, 6.07) is 5.11. The maximum atomic E-state index is 10.8. The Morgan fingerprint density at radius 1 is 1.59 bits per heavy atom. The average Bonchev–Trinajstić information content (AvgIpc) is 2.30. The van der Waals surface area contributed by atoms with Gasteiger partial charge in [-0.2, -0.15) is 11.8 Å². The normalized spacial score (nSPS) is 12.4. The summed E-state index contributed by atoms with van der Waals surface area (Å²) < 4.78 is 0.581. The van der Waals surface area contributed by atoms with E-state index in [2.05, 4.69) is 22.9 Å². The predicted molar refractivity (Wildman–Crippen MR) is 75.2 cm³/mol. The number of nitro groups is 1. The number of benzene rings is 1. The van der Waals surface area contributed by atoms with Crippen LogP contribution >= 0.6 is 27.7 Å². The van der Waals surface area contributed by atoms with Gasteiger partial charge < -0.3 is 5.73 Å². The molecular weight excluding hydrogens is 304 g/mol. The SMILES string of the molecule is CC(CN)CSCc1cccc([N+](=O)[O-])c1Br. The highest BCUT2D eigenvalue weighted by Crippen LogP contribution is 2.30. The Labute approximate surface area is 113 Å². The van der Waals surface area contributed by atoms with Crippen LogP contribution in [0.25, 0.3) is 0 Å². The van der Waals surface area contributed by atoms with Gasteiger partial charge >= 0.3 is 0 Å². The van der Waals surface area contributed by atoms with Crippen LogP contribution in [0, 0.1) is 16.0 Å². The fourth-order valence-corrected chi connectivity index (χ4v) is 3.11. The largest absolute Gasteiger partial charge is 0.330 e. The highest BCUT2D eigenvalue weighted by atomic mass is 79.9. The van der Waals surface area contributed by atoms with Crippen molar-refractivity contribution in [1.29, 1.82) is 0 Å². The summed E-state index contributed by atoms with van der Waals surface area (Å²) in [6.07, 6.45) is 0. The van der Waals surface area contributed by atoms with E-state index in [9.17, 15) is 10.1 Å². The standard InChI is InChI=1S/C11H15BrN2O2S/c1-8(5-13)6-17-7-9-3-2-4-10(11(9)12)14(15)16/h2-4,8H,5-7,13H2,1H3. The van der Waals surface area contributed by atoms with Crippen LogP contribution in [0.3, 0.4) is 0 Å². The number of nitrogens with two attached hydrogens (primary N) is 1. The summed E-state index contributed by atoms with van der Waals surface area (Å²) in [7, 11) is 0. The Morgan fingerprint density at radius 3 is 2.88 bits per heavy atom. The molecule has 0 spiro atoms. The first-order valence-electron chi connectivity index (χ1n) is 5.25. The van der Waals surface area contributed by atoms with Gasteiger partial charge in [-0.05, 0) is 39.7 Å². The van der Waals surface area contributed by atoms with Crippen LogP contribution in [-0.2, 0) is 5.75 Å². The van der Waals surface area contributed by atoms with E-state index in [4.69, 9.17) is 5.73 Å². The fourth-order valence-electron chi connectivity index (χ4n) is 1.26. The summed E-state index contributed by atoms with van der Waals surface area (Å²) in [5.74, 6) is 2.19. The lowest BCUT2D eigenvalue weighted by Gasteiger charge is -2.08. The second kappa shape index (κ2) is 6.98. The molecule has 6 heteroatoms. The van der Waals surface area contributed by atoms with E-state index in [0.29, 0.717) is 16.9 Å². The Kier molecular flexibility index (Phi) is 5.94. The third-order valence-corrected chi connectivity index (χ3v) is 4.55. The van der Waals surface area contributed by atoms with Crippen LogP contribution in [0.2, 0.25) is 0 Å². The first kappa shape index (κ1) is 14.5. The van der Waals surface area contributed by atoms with E-state index in [-0.39, 0.29) is 10.6 Å². The number of hydrogen-bond acceptors (Lipinski definition) is 4. The van der Waals surface area contributed by atoms with Crippen molar-refractivity contribution in [3.05, 3.63) is 38.3 Å². The number of thioether (sulfide) groups is 1. The van der Waals surface area contributed by atoms with Crippen molar-refractivity contribution in [3.63, 3.8) is 0 Å². The van der Waals surface area contributed by atoms with Gasteiger partial charge in [0.05, 0.1) is 9.40 Å².